The Morgan fingerprint density at radius 3 is 2.69 bits per heavy atom. The van der Waals surface area contributed by atoms with Gasteiger partial charge in [0.25, 0.3) is 0 Å². The van der Waals surface area contributed by atoms with Gasteiger partial charge < -0.3 is 10.5 Å². The van der Waals surface area contributed by atoms with Gasteiger partial charge >= 0.3 is 0 Å². The Labute approximate surface area is 96.6 Å². The quantitative estimate of drug-likeness (QED) is 0.776. The van der Waals surface area contributed by atoms with Gasteiger partial charge in [-0.15, -0.1) is 0 Å². The van der Waals surface area contributed by atoms with E-state index in [0.717, 1.165) is 5.75 Å². The lowest BCUT2D eigenvalue weighted by Crippen LogP contribution is -2.32. The van der Waals surface area contributed by atoms with Crippen molar-refractivity contribution in [1.29, 1.82) is 0 Å². The first-order valence-corrected chi connectivity index (χ1v) is 5.49. The lowest BCUT2D eigenvalue weighted by atomic mass is 9.84. The van der Waals surface area contributed by atoms with E-state index < -0.39 is 5.41 Å². The highest BCUT2D eigenvalue weighted by molar-refractivity contribution is 6.00. The second-order valence-corrected chi connectivity index (χ2v) is 4.38. The first-order chi connectivity index (χ1) is 7.51. The summed E-state index contributed by atoms with van der Waals surface area (Å²) in [6, 6.07) is 7.23. The van der Waals surface area contributed by atoms with E-state index in [0.29, 0.717) is 18.7 Å². The molecule has 3 heteroatoms. The summed E-state index contributed by atoms with van der Waals surface area (Å²) in [5.74, 6) is 0.776. The van der Waals surface area contributed by atoms with Crippen LogP contribution in [0, 0.1) is 5.41 Å². The lowest BCUT2D eigenvalue weighted by Gasteiger charge is -2.20. The number of carbonyl (C=O) groups excluding carboxylic acids is 1. The van der Waals surface area contributed by atoms with Crippen molar-refractivity contribution < 1.29 is 9.53 Å². The van der Waals surface area contributed by atoms with Gasteiger partial charge in [-0.3, -0.25) is 4.79 Å². The van der Waals surface area contributed by atoms with Crippen LogP contribution in [0.2, 0.25) is 0 Å². The maximum Gasteiger partial charge on any atom is 0.169 e. The SMILES string of the molecule is CCOc1cccc(C(=O)C(C)(C)CN)c1. The van der Waals surface area contributed by atoms with Crippen LogP contribution in [0.4, 0.5) is 0 Å². The van der Waals surface area contributed by atoms with Gasteiger partial charge in [0.1, 0.15) is 5.75 Å². The molecule has 0 aliphatic carbocycles. The fraction of sp³-hybridized carbons (Fsp3) is 0.462. The van der Waals surface area contributed by atoms with Crippen LogP contribution in [0.1, 0.15) is 31.1 Å². The molecule has 1 rings (SSSR count). The molecule has 0 amide bonds. The van der Waals surface area contributed by atoms with Crippen molar-refractivity contribution in [2.45, 2.75) is 20.8 Å². The summed E-state index contributed by atoms with van der Waals surface area (Å²) in [5, 5.41) is 0. The molecule has 0 saturated carbocycles. The summed E-state index contributed by atoms with van der Waals surface area (Å²) >= 11 is 0. The average Bonchev–Trinajstić information content (AvgIpc) is 2.29. The van der Waals surface area contributed by atoms with Gasteiger partial charge in [-0.2, -0.15) is 0 Å². The molecule has 0 bridgehead atoms. The van der Waals surface area contributed by atoms with E-state index in [2.05, 4.69) is 0 Å². The highest BCUT2D eigenvalue weighted by Gasteiger charge is 2.26. The Hall–Kier alpha value is -1.35. The van der Waals surface area contributed by atoms with Crippen LogP contribution in [0.3, 0.4) is 0 Å². The van der Waals surface area contributed by atoms with Crippen molar-refractivity contribution in [3.8, 4) is 5.75 Å². The summed E-state index contributed by atoms with van der Waals surface area (Å²) in [4.78, 5) is 12.1. The highest BCUT2D eigenvalue weighted by atomic mass is 16.5. The smallest absolute Gasteiger partial charge is 0.169 e. The van der Waals surface area contributed by atoms with Gasteiger partial charge in [0.15, 0.2) is 5.78 Å². The molecule has 1 aromatic carbocycles. The molecule has 0 fully saturated rings. The van der Waals surface area contributed by atoms with Crippen molar-refractivity contribution >= 4 is 5.78 Å². The van der Waals surface area contributed by atoms with E-state index >= 15 is 0 Å². The molecule has 16 heavy (non-hydrogen) atoms. The molecule has 0 atom stereocenters. The molecule has 0 aliphatic heterocycles. The fourth-order valence-electron chi connectivity index (χ4n) is 1.38. The molecule has 0 aliphatic rings. The fourth-order valence-corrected chi connectivity index (χ4v) is 1.38. The molecule has 0 radical (unpaired) electrons. The first-order valence-electron chi connectivity index (χ1n) is 5.49. The number of carbonyl (C=O) groups is 1. The van der Waals surface area contributed by atoms with Crippen molar-refractivity contribution in [3.05, 3.63) is 29.8 Å². The van der Waals surface area contributed by atoms with Crippen LogP contribution in [-0.2, 0) is 0 Å². The number of hydrogen-bond donors (Lipinski definition) is 1. The molecule has 2 N–H and O–H groups in total. The average molecular weight is 221 g/mol. The molecular formula is C13H19NO2. The minimum atomic E-state index is -0.523. The number of ether oxygens (including phenoxy) is 1. The largest absolute Gasteiger partial charge is 0.494 e. The van der Waals surface area contributed by atoms with Gasteiger partial charge in [-0.05, 0) is 19.1 Å². The molecule has 3 nitrogen and oxygen atoms in total. The number of Topliss-reactive ketones (excluding diaryl/α,β-unsaturated/α-hetero) is 1. The second-order valence-electron chi connectivity index (χ2n) is 4.38. The second kappa shape index (κ2) is 5.12. The van der Waals surface area contributed by atoms with E-state index in [1.54, 1.807) is 12.1 Å². The van der Waals surface area contributed by atoms with E-state index in [1.165, 1.54) is 0 Å². The van der Waals surface area contributed by atoms with Gasteiger partial charge in [0.2, 0.25) is 0 Å². The van der Waals surface area contributed by atoms with Crippen molar-refractivity contribution in [1.82, 2.24) is 0 Å². The molecule has 0 unspecified atom stereocenters. The molecule has 1 aromatic rings. The van der Waals surface area contributed by atoms with Crippen LogP contribution in [0.15, 0.2) is 24.3 Å². The van der Waals surface area contributed by atoms with E-state index in [-0.39, 0.29) is 5.78 Å². The van der Waals surface area contributed by atoms with Crippen LogP contribution in [0.5, 0.6) is 5.75 Å². The Morgan fingerprint density at radius 2 is 2.12 bits per heavy atom. The third kappa shape index (κ3) is 2.83. The van der Waals surface area contributed by atoms with Crippen molar-refractivity contribution in [2.75, 3.05) is 13.2 Å². The third-order valence-corrected chi connectivity index (χ3v) is 2.53. The number of nitrogens with two attached hydrogens (primary N) is 1. The third-order valence-electron chi connectivity index (χ3n) is 2.53. The number of ketones is 1. The zero-order chi connectivity index (χ0) is 12.2. The number of benzene rings is 1. The summed E-state index contributed by atoms with van der Waals surface area (Å²) in [7, 11) is 0. The Bertz CT molecular complexity index is 372. The minimum Gasteiger partial charge on any atom is -0.494 e. The summed E-state index contributed by atoms with van der Waals surface area (Å²) in [6.45, 7) is 6.55. The zero-order valence-electron chi connectivity index (χ0n) is 10.1. The summed E-state index contributed by atoms with van der Waals surface area (Å²) in [6.07, 6.45) is 0. The predicted octanol–water partition coefficient (Wildman–Crippen LogP) is 2.25. The Balaban J connectivity index is 2.96. The maximum absolute atomic E-state index is 12.1. The monoisotopic (exact) mass is 221 g/mol. The van der Waals surface area contributed by atoms with Crippen LogP contribution >= 0.6 is 0 Å². The highest BCUT2D eigenvalue weighted by Crippen LogP contribution is 2.23. The first kappa shape index (κ1) is 12.7. The standard InChI is InChI=1S/C13H19NO2/c1-4-16-11-7-5-6-10(8-11)12(15)13(2,3)9-14/h5-8H,4,9,14H2,1-3H3. The maximum atomic E-state index is 12.1. The molecule has 0 saturated heterocycles. The molecular weight excluding hydrogens is 202 g/mol. The normalized spacial score (nSPS) is 11.2. The zero-order valence-corrected chi connectivity index (χ0v) is 10.1. The van der Waals surface area contributed by atoms with Gasteiger partial charge in [-0.25, -0.2) is 0 Å². The van der Waals surface area contributed by atoms with E-state index in [9.17, 15) is 4.79 Å². The lowest BCUT2D eigenvalue weighted by molar-refractivity contribution is 0.0847. The molecule has 0 aromatic heterocycles. The van der Waals surface area contributed by atoms with Gasteiger partial charge in [0, 0.05) is 17.5 Å². The Morgan fingerprint density at radius 1 is 1.44 bits per heavy atom. The predicted molar refractivity (Wildman–Crippen MR) is 64.8 cm³/mol. The minimum absolute atomic E-state index is 0.0524. The van der Waals surface area contributed by atoms with Gasteiger partial charge in [0.05, 0.1) is 6.61 Å². The number of rotatable bonds is 5. The van der Waals surface area contributed by atoms with E-state index in [1.807, 2.05) is 32.9 Å². The van der Waals surface area contributed by atoms with Crippen molar-refractivity contribution in [3.63, 3.8) is 0 Å². The summed E-state index contributed by atoms with van der Waals surface area (Å²) < 4.78 is 5.36. The van der Waals surface area contributed by atoms with Crippen LogP contribution in [0.25, 0.3) is 0 Å². The summed E-state index contributed by atoms with van der Waals surface area (Å²) in [5.41, 5.74) is 5.72. The van der Waals surface area contributed by atoms with E-state index in [4.69, 9.17) is 10.5 Å². The topological polar surface area (TPSA) is 52.3 Å². The van der Waals surface area contributed by atoms with Crippen molar-refractivity contribution in [2.24, 2.45) is 11.1 Å². The Kier molecular flexibility index (Phi) is 4.07. The molecule has 88 valence electrons. The molecule has 0 spiro atoms. The molecule has 0 heterocycles. The van der Waals surface area contributed by atoms with Crippen LogP contribution < -0.4 is 10.5 Å². The number of hydrogen-bond acceptors (Lipinski definition) is 3. The van der Waals surface area contributed by atoms with Crippen LogP contribution in [-0.4, -0.2) is 18.9 Å². The van der Waals surface area contributed by atoms with Gasteiger partial charge in [-0.1, -0.05) is 26.0 Å².